The zero-order valence-corrected chi connectivity index (χ0v) is 11.6. The van der Waals surface area contributed by atoms with Crippen molar-refractivity contribution in [1.82, 2.24) is 20.2 Å². The van der Waals surface area contributed by atoms with Crippen LogP contribution in [0.3, 0.4) is 0 Å². The normalized spacial score (nSPS) is 13.4. The summed E-state index contributed by atoms with van der Waals surface area (Å²) in [7, 11) is -3.32. The van der Waals surface area contributed by atoms with E-state index in [4.69, 9.17) is 0 Å². The Labute approximate surface area is 108 Å². The zero-order valence-electron chi connectivity index (χ0n) is 10.8. The number of hydrogen-bond donors (Lipinski definition) is 2. The molecule has 1 aromatic rings. The molecule has 1 unspecified atom stereocenters. The maximum atomic E-state index is 11.9. The second-order valence-corrected chi connectivity index (χ2v) is 6.28. The number of nitrogens with zero attached hydrogens (tertiary/aromatic N) is 2. The minimum Gasteiger partial charge on any atom is -0.315 e. The van der Waals surface area contributed by atoms with Gasteiger partial charge in [0, 0.05) is 12.7 Å². The van der Waals surface area contributed by atoms with Gasteiger partial charge in [-0.1, -0.05) is 6.92 Å². The Morgan fingerprint density at radius 2 is 2.22 bits per heavy atom. The van der Waals surface area contributed by atoms with Crippen molar-refractivity contribution >= 4 is 10.0 Å². The van der Waals surface area contributed by atoms with Crippen LogP contribution in [0.4, 0.5) is 0 Å². The summed E-state index contributed by atoms with van der Waals surface area (Å²) in [6.45, 7) is 5.17. The highest BCUT2D eigenvalue weighted by molar-refractivity contribution is 7.90. The van der Waals surface area contributed by atoms with Crippen molar-refractivity contribution in [3.05, 3.63) is 24.0 Å². The van der Waals surface area contributed by atoms with E-state index in [1.54, 1.807) is 25.3 Å². The summed E-state index contributed by atoms with van der Waals surface area (Å²) in [5, 5.41) is 10.1. The van der Waals surface area contributed by atoms with Gasteiger partial charge in [-0.15, -0.1) is 0 Å². The Hall–Kier alpha value is -1.05. The van der Waals surface area contributed by atoms with Gasteiger partial charge in [0.15, 0.2) is 0 Å². The minimum atomic E-state index is -3.32. The first-order chi connectivity index (χ1) is 8.56. The molecule has 0 amide bonds. The van der Waals surface area contributed by atoms with E-state index in [9.17, 15) is 8.42 Å². The lowest BCUT2D eigenvalue weighted by atomic mass is 10.4. The SMILES string of the molecule is CCCNCC(C)S(=O)(=O)NCc1cccnn1. The molecule has 1 atom stereocenters. The van der Waals surface area contributed by atoms with Crippen LogP contribution >= 0.6 is 0 Å². The van der Waals surface area contributed by atoms with Gasteiger partial charge in [-0.05, 0) is 32.0 Å². The second kappa shape index (κ2) is 7.40. The van der Waals surface area contributed by atoms with Crippen molar-refractivity contribution in [3.63, 3.8) is 0 Å². The van der Waals surface area contributed by atoms with Crippen molar-refractivity contribution in [1.29, 1.82) is 0 Å². The lowest BCUT2D eigenvalue weighted by Gasteiger charge is -2.14. The number of aromatic nitrogens is 2. The van der Waals surface area contributed by atoms with E-state index in [1.807, 2.05) is 6.92 Å². The zero-order chi connectivity index (χ0) is 13.4. The summed E-state index contributed by atoms with van der Waals surface area (Å²) in [5.74, 6) is 0. The molecule has 102 valence electrons. The van der Waals surface area contributed by atoms with E-state index in [1.165, 1.54) is 0 Å². The molecule has 1 rings (SSSR count). The van der Waals surface area contributed by atoms with E-state index in [2.05, 4.69) is 20.2 Å². The van der Waals surface area contributed by atoms with Crippen LogP contribution in [0.2, 0.25) is 0 Å². The third-order valence-electron chi connectivity index (χ3n) is 2.47. The van der Waals surface area contributed by atoms with Crippen molar-refractivity contribution in [2.24, 2.45) is 0 Å². The molecule has 0 aliphatic carbocycles. The molecule has 0 saturated carbocycles. The molecule has 7 heteroatoms. The molecule has 0 radical (unpaired) electrons. The quantitative estimate of drug-likeness (QED) is 0.664. The predicted molar refractivity (Wildman–Crippen MR) is 70.4 cm³/mol. The van der Waals surface area contributed by atoms with Crippen LogP contribution in [0.25, 0.3) is 0 Å². The van der Waals surface area contributed by atoms with Crippen molar-refractivity contribution < 1.29 is 8.42 Å². The third kappa shape index (κ3) is 5.07. The van der Waals surface area contributed by atoms with Crippen LogP contribution in [0.1, 0.15) is 26.0 Å². The van der Waals surface area contributed by atoms with E-state index in [0.717, 1.165) is 13.0 Å². The molecule has 0 aliphatic rings. The van der Waals surface area contributed by atoms with E-state index in [0.29, 0.717) is 12.2 Å². The van der Waals surface area contributed by atoms with Crippen molar-refractivity contribution in [2.75, 3.05) is 13.1 Å². The average molecular weight is 272 g/mol. The van der Waals surface area contributed by atoms with Crippen LogP contribution < -0.4 is 10.0 Å². The molecule has 0 saturated heterocycles. The Morgan fingerprint density at radius 1 is 1.44 bits per heavy atom. The topological polar surface area (TPSA) is 84.0 Å². The van der Waals surface area contributed by atoms with Crippen LogP contribution in [0.15, 0.2) is 18.3 Å². The predicted octanol–water partition coefficient (Wildman–Crippen LogP) is 0.284. The lowest BCUT2D eigenvalue weighted by molar-refractivity contribution is 0.555. The summed E-state index contributed by atoms with van der Waals surface area (Å²) in [6, 6.07) is 3.46. The Kier molecular flexibility index (Phi) is 6.17. The molecular weight excluding hydrogens is 252 g/mol. The fourth-order valence-corrected chi connectivity index (χ4v) is 2.31. The van der Waals surface area contributed by atoms with E-state index < -0.39 is 15.3 Å². The van der Waals surface area contributed by atoms with E-state index in [-0.39, 0.29) is 6.54 Å². The number of hydrogen-bond acceptors (Lipinski definition) is 5. The first-order valence-electron chi connectivity index (χ1n) is 6.02. The van der Waals surface area contributed by atoms with Crippen molar-refractivity contribution in [3.8, 4) is 0 Å². The van der Waals surface area contributed by atoms with Crippen molar-refractivity contribution in [2.45, 2.75) is 32.1 Å². The Balaban J connectivity index is 2.44. The largest absolute Gasteiger partial charge is 0.315 e. The maximum absolute atomic E-state index is 11.9. The molecule has 1 heterocycles. The van der Waals surface area contributed by atoms with Gasteiger partial charge in [0.05, 0.1) is 17.5 Å². The third-order valence-corrected chi connectivity index (χ3v) is 4.24. The van der Waals surface area contributed by atoms with Crippen LogP contribution in [-0.4, -0.2) is 37.0 Å². The summed E-state index contributed by atoms with van der Waals surface area (Å²) in [5.41, 5.74) is 0.606. The average Bonchev–Trinajstić information content (AvgIpc) is 2.38. The standard InChI is InChI=1S/C11H20N4O2S/c1-3-6-12-8-10(2)18(16,17)14-9-11-5-4-7-13-15-11/h4-5,7,10,12,14H,3,6,8-9H2,1-2H3. The first-order valence-corrected chi connectivity index (χ1v) is 7.56. The summed E-state index contributed by atoms with van der Waals surface area (Å²) < 4.78 is 26.3. The Morgan fingerprint density at radius 3 is 2.83 bits per heavy atom. The number of nitrogens with one attached hydrogen (secondary N) is 2. The lowest BCUT2D eigenvalue weighted by Crippen LogP contribution is -2.39. The highest BCUT2D eigenvalue weighted by Crippen LogP contribution is 1.99. The summed E-state index contributed by atoms with van der Waals surface area (Å²) >= 11 is 0. The molecule has 18 heavy (non-hydrogen) atoms. The fraction of sp³-hybridized carbons (Fsp3) is 0.636. The monoisotopic (exact) mass is 272 g/mol. The maximum Gasteiger partial charge on any atom is 0.215 e. The molecule has 0 aliphatic heterocycles. The molecule has 2 N–H and O–H groups in total. The second-order valence-electron chi connectivity index (χ2n) is 4.10. The molecule has 0 spiro atoms. The molecule has 1 aromatic heterocycles. The first kappa shape index (κ1) is 15.0. The number of sulfonamides is 1. The van der Waals surface area contributed by atoms with Gasteiger partial charge < -0.3 is 5.32 Å². The van der Waals surface area contributed by atoms with Gasteiger partial charge in [0.25, 0.3) is 0 Å². The van der Waals surface area contributed by atoms with Gasteiger partial charge in [-0.2, -0.15) is 10.2 Å². The fourth-order valence-electron chi connectivity index (χ4n) is 1.34. The molecule has 0 aromatic carbocycles. The summed E-state index contributed by atoms with van der Waals surface area (Å²) in [6.07, 6.45) is 2.54. The highest BCUT2D eigenvalue weighted by atomic mass is 32.2. The Bertz CT molecular complexity index is 436. The molecular formula is C11H20N4O2S. The van der Waals surface area contributed by atoms with Gasteiger partial charge in [-0.25, -0.2) is 13.1 Å². The van der Waals surface area contributed by atoms with Crippen LogP contribution in [-0.2, 0) is 16.6 Å². The summed E-state index contributed by atoms with van der Waals surface area (Å²) in [4.78, 5) is 0. The van der Waals surface area contributed by atoms with Crippen LogP contribution in [0.5, 0.6) is 0 Å². The van der Waals surface area contributed by atoms with E-state index >= 15 is 0 Å². The number of rotatable bonds is 8. The van der Waals surface area contributed by atoms with Crippen LogP contribution in [0, 0.1) is 0 Å². The molecule has 0 bridgehead atoms. The smallest absolute Gasteiger partial charge is 0.215 e. The van der Waals surface area contributed by atoms with Gasteiger partial charge >= 0.3 is 0 Å². The molecule has 0 fully saturated rings. The van der Waals surface area contributed by atoms with Gasteiger partial charge in [-0.3, -0.25) is 0 Å². The van der Waals surface area contributed by atoms with Gasteiger partial charge in [0.2, 0.25) is 10.0 Å². The molecule has 6 nitrogen and oxygen atoms in total. The van der Waals surface area contributed by atoms with Gasteiger partial charge in [0.1, 0.15) is 0 Å². The highest BCUT2D eigenvalue weighted by Gasteiger charge is 2.19. The minimum absolute atomic E-state index is 0.175.